The molecule has 1 aromatic heterocycles. The fourth-order valence-corrected chi connectivity index (χ4v) is 0.644. The van der Waals surface area contributed by atoms with Crippen LogP contribution in [0.25, 0.3) is 5.57 Å². The van der Waals surface area contributed by atoms with E-state index in [1.54, 1.807) is 0 Å². The van der Waals surface area contributed by atoms with Crippen molar-refractivity contribution in [2.24, 2.45) is 4.99 Å². The van der Waals surface area contributed by atoms with Gasteiger partial charge in [-0.1, -0.05) is 39.4 Å². The van der Waals surface area contributed by atoms with Gasteiger partial charge in [0.05, 0.1) is 6.20 Å². The summed E-state index contributed by atoms with van der Waals surface area (Å²) < 4.78 is 4.83. The molecule has 0 saturated heterocycles. The minimum absolute atomic E-state index is 0.606. The number of aromatic nitrogens is 1. The Morgan fingerprint density at radius 1 is 1.36 bits per heavy atom. The molecule has 3 nitrogen and oxygen atoms in total. The van der Waals surface area contributed by atoms with E-state index in [4.69, 9.17) is 4.52 Å². The number of hydrogen-bond acceptors (Lipinski definition) is 3. The van der Waals surface area contributed by atoms with Crippen molar-refractivity contribution < 1.29 is 4.52 Å². The summed E-state index contributed by atoms with van der Waals surface area (Å²) >= 11 is 0. The smallest absolute Gasteiger partial charge is 0.187 e. The van der Waals surface area contributed by atoms with Crippen LogP contribution >= 0.6 is 0 Å². The number of rotatable bonds is 2. The molecule has 80 valence electrons. The van der Waals surface area contributed by atoms with E-state index >= 15 is 0 Å². The van der Waals surface area contributed by atoms with E-state index in [1.807, 2.05) is 34.6 Å². The number of allylic oxidation sites excluding steroid dienone is 1. The fraction of sp³-hybridized carbons (Fsp3) is 0.455. The van der Waals surface area contributed by atoms with Crippen LogP contribution in [0.1, 0.15) is 40.4 Å². The number of aliphatic imine (C=N–C) groups is 1. The summed E-state index contributed by atoms with van der Waals surface area (Å²) in [6.45, 7) is 16.9. The second-order valence-electron chi connectivity index (χ2n) is 1.98. The molecule has 0 saturated carbocycles. The van der Waals surface area contributed by atoms with Crippen molar-refractivity contribution in [1.29, 1.82) is 0 Å². The van der Waals surface area contributed by atoms with E-state index in [0.29, 0.717) is 11.4 Å². The third-order valence-corrected chi connectivity index (χ3v) is 1.11. The Balaban J connectivity index is 0. The first kappa shape index (κ1) is 15.1. The molecule has 1 rings (SSSR count). The Morgan fingerprint density at radius 2 is 1.86 bits per heavy atom. The standard InChI is InChI=1S/C7H8N2O.2C2H6/c1-5(2)7-6(8-3)4-9-10-7;2*1-2/h4H,1,3H2,2H3;2*1-2H3. The lowest BCUT2D eigenvalue weighted by atomic mass is 10.2. The van der Waals surface area contributed by atoms with Gasteiger partial charge in [0.15, 0.2) is 5.76 Å². The molecule has 0 bridgehead atoms. The van der Waals surface area contributed by atoms with Crippen molar-refractivity contribution in [2.75, 3.05) is 0 Å². The molecule has 14 heavy (non-hydrogen) atoms. The van der Waals surface area contributed by atoms with Crippen molar-refractivity contribution in [2.45, 2.75) is 34.6 Å². The quantitative estimate of drug-likeness (QED) is 0.668. The number of hydrogen-bond donors (Lipinski definition) is 0. The van der Waals surface area contributed by atoms with Gasteiger partial charge in [0.25, 0.3) is 0 Å². The molecule has 0 unspecified atom stereocenters. The third kappa shape index (κ3) is 4.60. The molecular weight excluding hydrogens is 176 g/mol. The van der Waals surface area contributed by atoms with Crippen molar-refractivity contribution >= 4 is 18.0 Å². The van der Waals surface area contributed by atoms with Crippen LogP contribution in [0.2, 0.25) is 0 Å². The highest BCUT2D eigenvalue weighted by molar-refractivity contribution is 5.67. The molecule has 0 aliphatic carbocycles. The van der Waals surface area contributed by atoms with Crippen molar-refractivity contribution in [3.63, 3.8) is 0 Å². The van der Waals surface area contributed by atoms with Gasteiger partial charge in [-0.3, -0.25) is 4.99 Å². The molecule has 0 N–H and O–H groups in total. The maximum absolute atomic E-state index is 4.83. The molecule has 0 aliphatic heterocycles. The van der Waals surface area contributed by atoms with Crippen molar-refractivity contribution in [3.05, 3.63) is 18.5 Å². The Morgan fingerprint density at radius 3 is 2.14 bits per heavy atom. The van der Waals surface area contributed by atoms with Crippen LogP contribution in [-0.4, -0.2) is 11.9 Å². The van der Waals surface area contributed by atoms with E-state index in [0.717, 1.165) is 5.57 Å². The molecule has 0 aliphatic rings. The second-order valence-corrected chi connectivity index (χ2v) is 1.98. The van der Waals surface area contributed by atoms with Crippen LogP contribution in [0, 0.1) is 0 Å². The predicted molar refractivity (Wildman–Crippen MR) is 63.1 cm³/mol. The summed E-state index contributed by atoms with van der Waals surface area (Å²) in [5, 5.41) is 3.54. The van der Waals surface area contributed by atoms with Gasteiger partial charge >= 0.3 is 0 Å². The monoisotopic (exact) mass is 196 g/mol. The zero-order chi connectivity index (χ0) is 11.6. The van der Waals surface area contributed by atoms with Gasteiger partial charge in [0.2, 0.25) is 0 Å². The van der Waals surface area contributed by atoms with Gasteiger partial charge in [0, 0.05) is 0 Å². The first-order valence-electron chi connectivity index (χ1n) is 4.83. The molecule has 0 aromatic carbocycles. The molecule has 1 heterocycles. The summed E-state index contributed by atoms with van der Waals surface area (Å²) in [5.74, 6) is 0.606. The average molecular weight is 196 g/mol. The maximum atomic E-state index is 4.83. The third-order valence-electron chi connectivity index (χ3n) is 1.11. The highest BCUT2D eigenvalue weighted by Gasteiger charge is 2.04. The van der Waals surface area contributed by atoms with Crippen LogP contribution in [0.3, 0.4) is 0 Å². The lowest BCUT2D eigenvalue weighted by molar-refractivity contribution is 0.410. The Labute approximate surface area is 86.5 Å². The minimum Gasteiger partial charge on any atom is -0.354 e. The van der Waals surface area contributed by atoms with Crippen LogP contribution in [-0.2, 0) is 0 Å². The Bertz CT molecular complexity index is 264. The first-order chi connectivity index (χ1) is 6.75. The van der Waals surface area contributed by atoms with Gasteiger partial charge in [-0.25, -0.2) is 0 Å². The highest BCUT2D eigenvalue weighted by atomic mass is 16.5. The average Bonchev–Trinajstić information content (AvgIpc) is 2.71. The largest absolute Gasteiger partial charge is 0.354 e. The molecule has 3 heteroatoms. The summed E-state index contributed by atoms with van der Waals surface area (Å²) in [6, 6.07) is 0. The Kier molecular flexibility index (Phi) is 10.5. The normalized spacial score (nSPS) is 7.50. The van der Waals surface area contributed by atoms with Crippen LogP contribution < -0.4 is 0 Å². The topological polar surface area (TPSA) is 38.4 Å². The molecule has 0 radical (unpaired) electrons. The summed E-state index contributed by atoms with van der Waals surface area (Å²) in [7, 11) is 0. The minimum atomic E-state index is 0.606. The lowest BCUT2D eigenvalue weighted by Gasteiger charge is -1.89. The van der Waals surface area contributed by atoms with Crippen LogP contribution in [0.4, 0.5) is 5.69 Å². The summed E-state index contributed by atoms with van der Waals surface area (Å²) in [6.07, 6.45) is 1.51. The molecule has 1 aromatic rings. The van der Waals surface area contributed by atoms with Gasteiger partial charge in [-0.15, -0.1) is 0 Å². The van der Waals surface area contributed by atoms with Crippen LogP contribution in [0.15, 0.2) is 22.3 Å². The maximum Gasteiger partial charge on any atom is 0.187 e. The Hall–Kier alpha value is -1.38. The van der Waals surface area contributed by atoms with E-state index in [9.17, 15) is 0 Å². The van der Waals surface area contributed by atoms with Gasteiger partial charge in [-0.2, -0.15) is 0 Å². The van der Waals surface area contributed by atoms with Crippen LogP contribution in [0.5, 0.6) is 0 Å². The van der Waals surface area contributed by atoms with E-state index in [-0.39, 0.29) is 0 Å². The molecule has 0 amide bonds. The van der Waals surface area contributed by atoms with Crippen molar-refractivity contribution in [3.8, 4) is 0 Å². The van der Waals surface area contributed by atoms with Gasteiger partial charge < -0.3 is 4.52 Å². The van der Waals surface area contributed by atoms with E-state index in [1.165, 1.54) is 6.20 Å². The number of nitrogens with zero attached hydrogens (tertiary/aromatic N) is 2. The van der Waals surface area contributed by atoms with E-state index < -0.39 is 0 Å². The lowest BCUT2D eigenvalue weighted by Crippen LogP contribution is -1.70. The highest BCUT2D eigenvalue weighted by Crippen LogP contribution is 2.23. The van der Waals surface area contributed by atoms with Gasteiger partial charge in [-0.05, 0) is 19.2 Å². The zero-order valence-electron chi connectivity index (χ0n) is 9.79. The summed E-state index contributed by atoms with van der Waals surface area (Å²) in [5.41, 5.74) is 1.45. The molecule has 0 fully saturated rings. The SMILES string of the molecule is C=Nc1cnoc1C(=C)C.CC.CC. The first-order valence-corrected chi connectivity index (χ1v) is 4.83. The molecule has 0 atom stereocenters. The fourth-order valence-electron chi connectivity index (χ4n) is 0.644. The predicted octanol–water partition coefficient (Wildman–Crippen LogP) is 4.09. The second kappa shape index (κ2) is 9.71. The zero-order valence-corrected chi connectivity index (χ0v) is 9.79. The van der Waals surface area contributed by atoms with E-state index in [2.05, 4.69) is 23.4 Å². The molecular formula is C11H20N2O. The summed E-state index contributed by atoms with van der Waals surface area (Å²) in [4.78, 5) is 3.68. The van der Waals surface area contributed by atoms with Crippen molar-refractivity contribution in [1.82, 2.24) is 5.16 Å². The van der Waals surface area contributed by atoms with Gasteiger partial charge in [0.1, 0.15) is 5.69 Å². The molecule has 0 spiro atoms.